The van der Waals surface area contributed by atoms with Crippen molar-refractivity contribution in [1.29, 1.82) is 0 Å². The Bertz CT molecular complexity index is 462. The Morgan fingerprint density at radius 1 is 1.43 bits per heavy atom. The lowest BCUT2D eigenvalue weighted by atomic mass is 10.2. The minimum atomic E-state index is 0.698. The molecule has 0 saturated heterocycles. The number of fused-ring (bicyclic) bond motifs is 1. The molecule has 0 bridgehead atoms. The van der Waals surface area contributed by atoms with Crippen LogP contribution in [0.4, 0.5) is 0 Å². The van der Waals surface area contributed by atoms with Crippen molar-refractivity contribution in [3.8, 4) is 5.06 Å². The molecule has 2 aromatic rings. The van der Waals surface area contributed by atoms with E-state index in [2.05, 4.69) is 6.07 Å². The number of ether oxygens (including phenoxy) is 1. The molecule has 0 spiro atoms. The fourth-order valence-corrected chi connectivity index (χ4v) is 2.63. The largest absolute Gasteiger partial charge is 0.484 e. The van der Waals surface area contributed by atoms with E-state index in [0.29, 0.717) is 6.61 Å². The fraction of sp³-hybridized carbons (Fsp3) is 0.273. The van der Waals surface area contributed by atoms with Crippen LogP contribution in [0.3, 0.4) is 0 Å². The molecule has 1 aromatic carbocycles. The topological polar surface area (TPSA) is 9.23 Å². The molecular formula is C11H11ClOS. The summed E-state index contributed by atoms with van der Waals surface area (Å²) in [5.74, 6) is 0. The van der Waals surface area contributed by atoms with Gasteiger partial charge in [0.05, 0.1) is 11.6 Å². The number of halogens is 1. The van der Waals surface area contributed by atoms with Gasteiger partial charge in [0, 0.05) is 16.2 Å². The molecule has 2 rings (SSSR count). The molecule has 0 saturated carbocycles. The van der Waals surface area contributed by atoms with Crippen molar-refractivity contribution in [3.05, 3.63) is 28.8 Å². The maximum Gasteiger partial charge on any atom is 0.174 e. The maximum atomic E-state index is 6.19. The van der Waals surface area contributed by atoms with Crippen molar-refractivity contribution in [2.45, 2.75) is 13.8 Å². The maximum absolute atomic E-state index is 6.19. The zero-order valence-corrected chi connectivity index (χ0v) is 9.71. The normalized spacial score (nSPS) is 10.8. The molecule has 3 heteroatoms. The second-order valence-corrected chi connectivity index (χ2v) is 4.53. The molecule has 0 radical (unpaired) electrons. The van der Waals surface area contributed by atoms with Gasteiger partial charge in [0.1, 0.15) is 0 Å². The fourth-order valence-electron chi connectivity index (χ4n) is 1.38. The van der Waals surface area contributed by atoms with E-state index in [1.807, 2.05) is 26.0 Å². The molecule has 0 aliphatic heterocycles. The van der Waals surface area contributed by atoms with Crippen LogP contribution in [0.5, 0.6) is 5.06 Å². The predicted molar refractivity (Wildman–Crippen MR) is 62.7 cm³/mol. The number of benzene rings is 1. The van der Waals surface area contributed by atoms with Gasteiger partial charge in [0.15, 0.2) is 5.06 Å². The van der Waals surface area contributed by atoms with E-state index >= 15 is 0 Å². The Morgan fingerprint density at radius 2 is 2.21 bits per heavy atom. The Balaban J connectivity index is 2.59. The highest BCUT2D eigenvalue weighted by Gasteiger charge is 2.07. The summed E-state index contributed by atoms with van der Waals surface area (Å²) >= 11 is 7.83. The lowest BCUT2D eigenvalue weighted by Gasteiger charge is -1.96. The summed E-state index contributed by atoms with van der Waals surface area (Å²) in [5.41, 5.74) is 1.11. The molecule has 74 valence electrons. The van der Waals surface area contributed by atoms with Crippen molar-refractivity contribution in [2.24, 2.45) is 0 Å². The van der Waals surface area contributed by atoms with Gasteiger partial charge in [-0.3, -0.25) is 0 Å². The van der Waals surface area contributed by atoms with Crippen LogP contribution in [0.1, 0.15) is 12.5 Å². The van der Waals surface area contributed by atoms with Gasteiger partial charge >= 0.3 is 0 Å². The first-order valence-electron chi connectivity index (χ1n) is 4.54. The van der Waals surface area contributed by atoms with Gasteiger partial charge in [-0.05, 0) is 25.5 Å². The molecule has 0 N–H and O–H groups in total. The third-order valence-corrected chi connectivity index (χ3v) is 3.61. The van der Waals surface area contributed by atoms with Crippen molar-refractivity contribution in [1.82, 2.24) is 0 Å². The van der Waals surface area contributed by atoms with Gasteiger partial charge in [-0.1, -0.05) is 29.0 Å². The zero-order chi connectivity index (χ0) is 10.1. The minimum Gasteiger partial charge on any atom is -0.484 e. The van der Waals surface area contributed by atoms with Gasteiger partial charge in [-0.25, -0.2) is 0 Å². The molecule has 0 unspecified atom stereocenters. The van der Waals surface area contributed by atoms with Crippen LogP contribution in [0, 0.1) is 6.92 Å². The standard InChI is InChI=1S/C11H11ClOS/c1-3-13-10-6-8-9(14-10)5-4-7(2)11(8)12/h4-6H,3H2,1-2H3. The monoisotopic (exact) mass is 226 g/mol. The molecule has 0 atom stereocenters. The van der Waals surface area contributed by atoms with Crippen LogP contribution in [-0.2, 0) is 0 Å². The van der Waals surface area contributed by atoms with E-state index in [0.717, 1.165) is 21.0 Å². The number of thiophene rings is 1. The minimum absolute atomic E-state index is 0.698. The molecule has 0 fully saturated rings. The summed E-state index contributed by atoms with van der Waals surface area (Å²) in [5, 5.41) is 2.87. The SMILES string of the molecule is CCOc1cc2c(Cl)c(C)ccc2s1. The Kier molecular flexibility index (Phi) is 2.66. The average Bonchev–Trinajstić information content (AvgIpc) is 2.56. The van der Waals surface area contributed by atoms with Crippen molar-refractivity contribution in [3.63, 3.8) is 0 Å². The van der Waals surface area contributed by atoms with Crippen molar-refractivity contribution >= 4 is 33.0 Å². The highest BCUT2D eigenvalue weighted by Crippen LogP contribution is 2.37. The molecule has 1 nitrogen and oxygen atoms in total. The molecular weight excluding hydrogens is 216 g/mol. The first-order chi connectivity index (χ1) is 6.72. The van der Waals surface area contributed by atoms with Crippen LogP contribution >= 0.6 is 22.9 Å². The van der Waals surface area contributed by atoms with E-state index in [1.165, 1.54) is 4.70 Å². The number of rotatable bonds is 2. The van der Waals surface area contributed by atoms with E-state index in [-0.39, 0.29) is 0 Å². The molecule has 0 aliphatic rings. The van der Waals surface area contributed by atoms with E-state index in [9.17, 15) is 0 Å². The first kappa shape index (κ1) is 9.81. The van der Waals surface area contributed by atoms with Crippen LogP contribution in [0.15, 0.2) is 18.2 Å². The molecule has 14 heavy (non-hydrogen) atoms. The number of hydrogen-bond donors (Lipinski definition) is 0. The quantitative estimate of drug-likeness (QED) is 0.744. The third kappa shape index (κ3) is 1.60. The van der Waals surface area contributed by atoms with E-state index < -0.39 is 0 Å². The van der Waals surface area contributed by atoms with Gasteiger partial charge < -0.3 is 4.74 Å². The summed E-state index contributed by atoms with van der Waals surface area (Å²) in [4.78, 5) is 0. The summed E-state index contributed by atoms with van der Waals surface area (Å²) in [6.45, 7) is 4.69. The predicted octanol–water partition coefficient (Wildman–Crippen LogP) is 4.26. The van der Waals surface area contributed by atoms with Crippen LogP contribution in [0.2, 0.25) is 5.02 Å². The second-order valence-electron chi connectivity index (χ2n) is 3.11. The average molecular weight is 227 g/mol. The smallest absolute Gasteiger partial charge is 0.174 e. The van der Waals surface area contributed by atoms with Crippen LogP contribution < -0.4 is 4.74 Å². The van der Waals surface area contributed by atoms with Crippen molar-refractivity contribution in [2.75, 3.05) is 6.61 Å². The molecule has 0 amide bonds. The molecule has 1 heterocycles. The Labute approximate surface area is 92.3 Å². The highest BCUT2D eigenvalue weighted by molar-refractivity contribution is 7.20. The lowest BCUT2D eigenvalue weighted by Crippen LogP contribution is -1.86. The Hall–Kier alpha value is -0.730. The van der Waals surface area contributed by atoms with Crippen LogP contribution in [0.25, 0.3) is 10.1 Å². The number of aryl methyl sites for hydroxylation is 1. The summed E-state index contributed by atoms with van der Waals surface area (Å²) < 4.78 is 6.63. The van der Waals surface area contributed by atoms with Gasteiger partial charge in [0.25, 0.3) is 0 Å². The number of hydrogen-bond acceptors (Lipinski definition) is 2. The highest BCUT2D eigenvalue weighted by atomic mass is 35.5. The zero-order valence-electron chi connectivity index (χ0n) is 8.13. The van der Waals surface area contributed by atoms with Crippen LogP contribution in [-0.4, -0.2) is 6.61 Å². The van der Waals surface area contributed by atoms with E-state index in [1.54, 1.807) is 11.3 Å². The molecule has 0 aliphatic carbocycles. The summed E-state index contributed by atoms with van der Waals surface area (Å²) in [6, 6.07) is 6.14. The van der Waals surface area contributed by atoms with Gasteiger partial charge in [0.2, 0.25) is 0 Å². The van der Waals surface area contributed by atoms with Crippen molar-refractivity contribution < 1.29 is 4.74 Å². The van der Waals surface area contributed by atoms with Gasteiger partial charge in [-0.2, -0.15) is 0 Å². The molecule has 1 aromatic heterocycles. The summed E-state index contributed by atoms with van der Waals surface area (Å²) in [7, 11) is 0. The second kappa shape index (κ2) is 3.79. The van der Waals surface area contributed by atoms with Gasteiger partial charge in [-0.15, -0.1) is 0 Å². The Morgan fingerprint density at radius 3 is 2.93 bits per heavy atom. The first-order valence-corrected chi connectivity index (χ1v) is 5.73. The third-order valence-electron chi connectivity index (χ3n) is 2.09. The summed E-state index contributed by atoms with van der Waals surface area (Å²) in [6.07, 6.45) is 0. The lowest BCUT2D eigenvalue weighted by molar-refractivity contribution is 0.350. The van der Waals surface area contributed by atoms with E-state index in [4.69, 9.17) is 16.3 Å².